The van der Waals surface area contributed by atoms with Gasteiger partial charge >= 0.3 is 0 Å². The summed E-state index contributed by atoms with van der Waals surface area (Å²) in [5.41, 5.74) is 2.14. The minimum atomic E-state index is 0.766. The van der Waals surface area contributed by atoms with Crippen molar-refractivity contribution < 1.29 is 0 Å². The van der Waals surface area contributed by atoms with Gasteiger partial charge in [0, 0.05) is 15.4 Å². The molecule has 80 valence electrons. The van der Waals surface area contributed by atoms with Gasteiger partial charge in [-0.05, 0) is 19.1 Å². The van der Waals surface area contributed by atoms with Crippen molar-refractivity contribution in [2.75, 3.05) is 0 Å². The Morgan fingerprint density at radius 3 is 2.88 bits per heavy atom. The molecule has 0 aliphatic heterocycles. The van der Waals surface area contributed by atoms with E-state index in [2.05, 4.69) is 31.4 Å². The van der Waals surface area contributed by atoms with Crippen LogP contribution in [0.4, 0.5) is 0 Å². The SMILES string of the molecule is Cc1csc2nc(-c3ccccc3Br)nn12. The Labute approximate surface area is 105 Å². The second-order valence-electron chi connectivity index (χ2n) is 3.49. The van der Waals surface area contributed by atoms with Gasteiger partial charge in [0.1, 0.15) is 0 Å². The van der Waals surface area contributed by atoms with Crippen LogP contribution in [0.1, 0.15) is 5.69 Å². The Morgan fingerprint density at radius 1 is 1.31 bits per heavy atom. The van der Waals surface area contributed by atoms with Gasteiger partial charge in [0.2, 0.25) is 4.96 Å². The molecule has 0 bridgehead atoms. The van der Waals surface area contributed by atoms with Crippen molar-refractivity contribution in [1.29, 1.82) is 0 Å². The molecule has 0 fully saturated rings. The van der Waals surface area contributed by atoms with Crippen molar-refractivity contribution in [2.45, 2.75) is 6.92 Å². The first-order valence-corrected chi connectivity index (χ1v) is 6.49. The second-order valence-corrected chi connectivity index (χ2v) is 5.18. The summed E-state index contributed by atoms with van der Waals surface area (Å²) in [5, 5.41) is 6.54. The molecular weight excluding hydrogens is 286 g/mol. The fourth-order valence-electron chi connectivity index (χ4n) is 1.55. The molecule has 3 aromatic rings. The van der Waals surface area contributed by atoms with E-state index in [0.29, 0.717) is 0 Å². The fraction of sp³-hybridized carbons (Fsp3) is 0.0909. The highest BCUT2D eigenvalue weighted by molar-refractivity contribution is 9.10. The van der Waals surface area contributed by atoms with E-state index in [1.165, 1.54) is 0 Å². The van der Waals surface area contributed by atoms with Crippen molar-refractivity contribution in [3.63, 3.8) is 0 Å². The van der Waals surface area contributed by atoms with Crippen molar-refractivity contribution >= 4 is 32.2 Å². The first-order chi connectivity index (χ1) is 7.75. The molecule has 0 saturated heterocycles. The lowest BCUT2D eigenvalue weighted by Crippen LogP contribution is -1.87. The topological polar surface area (TPSA) is 30.2 Å². The van der Waals surface area contributed by atoms with Crippen LogP contribution in [0.25, 0.3) is 16.3 Å². The first kappa shape index (κ1) is 9.99. The second kappa shape index (κ2) is 3.68. The van der Waals surface area contributed by atoms with Gasteiger partial charge in [0.15, 0.2) is 5.82 Å². The zero-order valence-electron chi connectivity index (χ0n) is 8.51. The average molecular weight is 294 g/mol. The number of hydrogen-bond acceptors (Lipinski definition) is 3. The normalized spacial score (nSPS) is 11.1. The van der Waals surface area contributed by atoms with Crippen LogP contribution in [0.15, 0.2) is 34.1 Å². The van der Waals surface area contributed by atoms with Crippen LogP contribution < -0.4 is 0 Å². The quantitative estimate of drug-likeness (QED) is 0.687. The molecule has 0 atom stereocenters. The zero-order valence-corrected chi connectivity index (χ0v) is 10.9. The molecule has 0 radical (unpaired) electrons. The summed E-state index contributed by atoms with van der Waals surface area (Å²) in [6.45, 7) is 2.03. The highest BCUT2D eigenvalue weighted by Crippen LogP contribution is 2.26. The molecule has 3 nitrogen and oxygen atoms in total. The smallest absolute Gasteiger partial charge is 0.208 e. The number of nitrogens with zero attached hydrogens (tertiary/aromatic N) is 3. The van der Waals surface area contributed by atoms with Gasteiger partial charge in [-0.1, -0.05) is 28.1 Å². The molecule has 5 heteroatoms. The molecule has 2 heterocycles. The third-order valence-corrected chi connectivity index (χ3v) is 3.99. The maximum Gasteiger partial charge on any atom is 0.212 e. The highest BCUT2D eigenvalue weighted by atomic mass is 79.9. The minimum absolute atomic E-state index is 0.766. The number of aryl methyl sites for hydroxylation is 1. The fourth-order valence-corrected chi connectivity index (χ4v) is 2.81. The maximum atomic E-state index is 4.50. The van der Waals surface area contributed by atoms with Gasteiger partial charge in [-0.25, -0.2) is 4.52 Å². The van der Waals surface area contributed by atoms with Crippen molar-refractivity contribution in [1.82, 2.24) is 14.6 Å². The summed E-state index contributed by atoms with van der Waals surface area (Å²) in [4.78, 5) is 5.44. The Hall–Kier alpha value is -1.20. The van der Waals surface area contributed by atoms with E-state index in [0.717, 1.165) is 26.5 Å². The van der Waals surface area contributed by atoms with Gasteiger partial charge in [0.05, 0.1) is 5.69 Å². The van der Waals surface area contributed by atoms with Crippen LogP contribution in [0, 0.1) is 6.92 Å². The molecule has 1 aromatic carbocycles. The maximum absolute atomic E-state index is 4.50. The average Bonchev–Trinajstić information content (AvgIpc) is 2.82. The monoisotopic (exact) mass is 293 g/mol. The first-order valence-electron chi connectivity index (χ1n) is 4.81. The molecule has 0 amide bonds. The third-order valence-electron chi connectivity index (χ3n) is 2.36. The predicted octanol–water partition coefficient (Wildman–Crippen LogP) is 3.53. The number of halogens is 1. The van der Waals surface area contributed by atoms with Gasteiger partial charge in [0.25, 0.3) is 0 Å². The molecule has 0 saturated carbocycles. The highest BCUT2D eigenvalue weighted by Gasteiger charge is 2.11. The van der Waals surface area contributed by atoms with Crippen LogP contribution in [0.2, 0.25) is 0 Å². The lowest BCUT2D eigenvalue weighted by Gasteiger charge is -1.97. The van der Waals surface area contributed by atoms with Gasteiger partial charge in [-0.15, -0.1) is 16.4 Å². The number of hydrogen-bond donors (Lipinski definition) is 0. The molecule has 0 unspecified atom stereocenters. The number of aromatic nitrogens is 3. The van der Waals surface area contributed by atoms with E-state index in [1.54, 1.807) is 11.3 Å². The molecule has 0 spiro atoms. The van der Waals surface area contributed by atoms with E-state index >= 15 is 0 Å². The molecule has 0 aliphatic rings. The lowest BCUT2D eigenvalue weighted by molar-refractivity contribution is 0.936. The summed E-state index contributed by atoms with van der Waals surface area (Å²) >= 11 is 5.12. The Kier molecular flexibility index (Phi) is 2.29. The van der Waals surface area contributed by atoms with Gasteiger partial charge in [-0.2, -0.15) is 4.98 Å². The number of benzene rings is 1. The van der Waals surface area contributed by atoms with Gasteiger partial charge in [-0.3, -0.25) is 0 Å². The number of fused-ring (bicyclic) bond motifs is 1. The van der Waals surface area contributed by atoms with E-state index in [-0.39, 0.29) is 0 Å². The van der Waals surface area contributed by atoms with E-state index in [9.17, 15) is 0 Å². The minimum Gasteiger partial charge on any atom is -0.208 e. The zero-order chi connectivity index (χ0) is 11.1. The Balaban J connectivity index is 2.23. The Bertz CT molecular complexity index is 656. The molecule has 16 heavy (non-hydrogen) atoms. The van der Waals surface area contributed by atoms with Gasteiger partial charge < -0.3 is 0 Å². The largest absolute Gasteiger partial charge is 0.212 e. The summed E-state index contributed by atoms with van der Waals surface area (Å²) < 4.78 is 2.89. The number of rotatable bonds is 1. The standard InChI is InChI=1S/C11H8BrN3S/c1-7-6-16-11-13-10(14-15(7)11)8-4-2-3-5-9(8)12/h2-6H,1H3. The van der Waals surface area contributed by atoms with Crippen molar-refractivity contribution in [3.05, 3.63) is 39.8 Å². The van der Waals surface area contributed by atoms with Crippen LogP contribution in [-0.4, -0.2) is 14.6 Å². The van der Waals surface area contributed by atoms with Crippen molar-refractivity contribution in [2.24, 2.45) is 0 Å². The third kappa shape index (κ3) is 1.47. The molecule has 0 N–H and O–H groups in total. The van der Waals surface area contributed by atoms with Crippen LogP contribution in [0.3, 0.4) is 0 Å². The summed E-state index contributed by atoms with van der Waals surface area (Å²) in [5.74, 6) is 0.766. The molecule has 3 rings (SSSR count). The van der Waals surface area contributed by atoms with Crippen molar-refractivity contribution in [3.8, 4) is 11.4 Å². The van der Waals surface area contributed by atoms with E-state index in [4.69, 9.17) is 0 Å². The molecular formula is C11H8BrN3S. The lowest BCUT2D eigenvalue weighted by atomic mass is 10.2. The van der Waals surface area contributed by atoms with Crippen LogP contribution in [-0.2, 0) is 0 Å². The number of thiazole rings is 1. The van der Waals surface area contributed by atoms with E-state index in [1.807, 2.05) is 35.7 Å². The molecule has 2 aromatic heterocycles. The summed E-state index contributed by atoms with van der Waals surface area (Å²) in [6, 6.07) is 7.98. The summed E-state index contributed by atoms with van der Waals surface area (Å²) in [6.07, 6.45) is 0. The molecule has 0 aliphatic carbocycles. The van der Waals surface area contributed by atoms with Crippen LogP contribution >= 0.6 is 27.3 Å². The van der Waals surface area contributed by atoms with E-state index < -0.39 is 0 Å². The van der Waals surface area contributed by atoms with Crippen LogP contribution in [0.5, 0.6) is 0 Å². The predicted molar refractivity (Wildman–Crippen MR) is 68.7 cm³/mol. The summed E-state index contributed by atoms with van der Waals surface area (Å²) in [7, 11) is 0. The Morgan fingerprint density at radius 2 is 2.12 bits per heavy atom.